The SMILES string of the molecule is Cc1cc(C)c2c(n1)nn1c(C)c(CCC(=O)Nc3cc(Cl)cc(Cl)c3)c(C)nc21. The van der Waals surface area contributed by atoms with Crippen LogP contribution < -0.4 is 5.32 Å². The third kappa shape index (κ3) is 3.85. The van der Waals surface area contributed by atoms with Crippen LogP contribution in [0, 0.1) is 27.7 Å². The summed E-state index contributed by atoms with van der Waals surface area (Å²) in [7, 11) is 0. The number of halogens is 2. The topological polar surface area (TPSA) is 72.2 Å². The largest absolute Gasteiger partial charge is 0.326 e. The van der Waals surface area contributed by atoms with Gasteiger partial charge in [-0.05, 0) is 69.5 Å². The van der Waals surface area contributed by atoms with E-state index in [-0.39, 0.29) is 5.91 Å². The lowest BCUT2D eigenvalue weighted by molar-refractivity contribution is -0.116. The molecule has 6 nitrogen and oxygen atoms in total. The van der Waals surface area contributed by atoms with Gasteiger partial charge in [-0.25, -0.2) is 14.5 Å². The molecule has 0 unspecified atom stereocenters. The van der Waals surface area contributed by atoms with Crippen LogP contribution in [-0.4, -0.2) is 25.5 Å². The van der Waals surface area contributed by atoms with Crippen molar-refractivity contribution >= 4 is 51.5 Å². The molecule has 4 rings (SSSR count). The van der Waals surface area contributed by atoms with E-state index in [2.05, 4.69) is 15.4 Å². The smallest absolute Gasteiger partial charge is 0.224 e. The highest BCUT2D eigenvalue weighted by Gasteiger charge is 2.17. The van der Waals surface area contributed by atoms with Crippen LogP contribution in [0.2, 0.25) is 10.0 Å². The molecule has 3 heterocycles. The zero-order chi connectivity index (χ0) is 21.6. The van der Waals surface area contributed by atoms with Gasteiger partial charge in [0.15, 0.2) is 11.3 Å². The number of nitrogens with zero attached hydrogens (tertiary/aromatic N) is 4. The van der Waals surface area contributed by atoms with Crippen LogP contribution >= 0.6 is 23.2 Å². The van der Waals surface area contributed by atoms with E-state index >= 15 is 0 Å². The molecule has 0 aliphatic heterocycles. The van der Waals surface area contributed by atoms with E-state index in [9.17, 15) is 4.79 Å². The van der Waals surface area contributed by atoms with Gasteiger partial charge in [-0.1, -0.05) is 23.2 Å². The van der Waals surface area contributed by atoms with E-state index in [1.165, 1.54) is 0 Å². The Morgan fingerprint density at radius 2 is 1.73 bits per heavy atom. The van der Waals surface area contributed by atoms with Crippen LogP contribution in [0.5, 0.6) is 0 Å². The minimum Gasteiger partial charge on any atom is -0.326 e. The van der Waals surface area contributed by atoms with E-state index < -0.39 is 0 Å². The second kappa shape index (κ2) is 7.85. The average Bonchev–Trinajstić information content (AvgIpc) is 2.99. The number of nitrogens with one attached hydrogen (secondary N) is 1. The van der Waals surface area contributed by atoms with Gasteiger partial charge >= 0.3 is 0 Å². The number of rotatable bonds is 4. The van der Waals surface area contributed by atoms with Gasteiger partial charge in [0.25, 0.3) is 0 Å². The fourth-order valence-corrected chi connectivity index (χ4v) is 4.34. The second-order valence-corrected chi connectivity index (χ2v) is 8.35. The average molecular weight is 442 g/mol. The zero-order valence-electron chi connectivity index (χ0n) is 17.2. The summed E-state index contributed by atoms with van der Waals surface area (Å²) in [6.45, 7) is 7.97. The molecule has 0 spiro atoms. The lowest BCUT2D eigenvalue weighted by Gasteiger charge is -2.11. The maximum atomic E-state index is 12.5. The molecule has 4 aromatic rings. The van der Waals surface area contributed by atoms with Gasteiger partial charge in [0, 0.05) is 39.2 Å². The third-order valence-electron chi connectivity index (χ3n) is 5.16. The number of hydrogen-bond acceptors (Lipinski definition) is 4. The predicted octanol–water partition coefficient (Wildman–Crippen LogP) is 5.39. The van der Waals surface area contributed by atoms with Crippen molar-refractivity contribution in [1.82, 2.24) is 19.6 Å². The molecule has 1 N–H and O–H groups in total. The number of aryl methyl sites for hydroxylation is 4. The highest BCUT2D eigenvalue weighted by Crippen LogP contribution is 2.26. The van der Waals surface area contributed by atoms with E-state index in [0.717, 1.165) is 39.2 Å². The van der Waals surface area contributed by atoms with Gasteiger partial charge in [-0.15, -0.1) is 5.10 Å². The van der Waals surface area contributed by atoms with Gasteiger partial charge < -0.3 is 5.32 Å². The van der Waals surface area contributed by atoms with Crippen molar-refractivity contribution in [2.45, 2.75) is 40.5 Å². The van der Waals surface area contributed by atoms with Crippen LogP contribution in [0.25, 0.3) is 16.7 Å². The lowest BCUT2D eigenvalue weighted by Crippen LogP contribution is -2.14. The molecule has 8 heteroatoms. The van der Waals surface area contributed by atoms with Crippen molar-refractivity contribution in [3.05, 3.63) is 62.5 Å². The molecule has 1 amide bonds. The Bertz CT molecular complexity index is 1290. The number of aromatic nitrogens is 4. The quantitative estimate of drug-likeness (QED) is 0.460. The Morgan fingerprint density at radius 1 is 1.03 bits per heavy atom. The van der Waals surface area contributed by atoms with E-state index in [4.69, 9.17) is 28.2 Å². The Kier molecular flexibility index (Phi) is 5.38. The number of amides is 1. The van der Waals surface area contributed by atoms with E-state index in [0.29, 0.717) is 34.2 Å². The fraction of sp³-hybridized carbons (Fsp3) is 0.273. The maximum Gasteiger partial charge on any atom is 0.224 e. The van der Waals surface area contributed by atoms with Gasteiger partial charge in [0.05, 0.1) is 5.39 Å². The molecule has 0 radical (unpaired) electrons. The van der Waals surface area contributed by atoms with Crippen LogP contribution in [0.15, 0.2) is 24.3 Å². The third-order valence-corrected chi connectivity index (χ3v) is 5.59. The van der Waals surface area contributed by atoms with Crippen molar-refractivity contribution in [3.8, 4) is 0 Å². The molecule has 0 saturated heterocycles. The molecule has 0 saturated carbocycles. The first-order chi connectivity index (χ1) is 14.2. The van der Waals surface area contributed by atoms with Crippen LogP contribution in [0.1, 0.15) is 34.6 Å². The molecular weight excluding hydrogens is 421 g/mol. The Balaban J connectivity index is 1.62. The number of pyridine rings is 1. The Labute approximate surface area is 184 Å². The van der Waals surface area contributed by atoms with Crippen molar-refractivity contribution in [2.75, 3.05) is 5.32 Å². The van der Waals surface area contributed by atoms with Gasteiger partial charge in [0.2, 0.25) is 5.91 Å². The van der Waals surface area contributed by atoms with Gasteiger partial charge in [0.1, 0.15) is 0 Å². The summed E-state index contributed by atoms with van der Waals surface area (Å²) in [5.41, 5.74) is 6.95. The first-order valence-electron chi connectivity index (χ1n) is 9.61. The minimum atomic E-state index is -0.119. The molecule has 0 fully saturated rings. The minimum absolute atomic E-state index is 0.119. The number of benzene rings is 1. The van der Waals surface area contributed by atoms with Crippen molar-refractivity contribution in [1.29, 1.82) is 0 Å². The summed E-state index contributed by atoms with van der Waals surface area (Å²) < 4.78 is 1.83. The van der Waals surface area contributed by atoms with Crippen LogP contribution in [0.4, 0.5) is 5.69 Å². The summed E-state index contributed by atoms with van der Waals surface area (Å²) in [5, 5.41) is 9.43. The summed E-state index contributed by atoms with van der Waals surface area (Å²) in [6.07, 6.45) is 0.846. The number of hydrogen-bond donors (Lipinski definition) is 1. The monoisotopic (exact) mass is 441 g/mol. The second-order valence-electron chi connectivity index (χ2n) is 7.48. The standard InChI is InChI=1S/C22H21Cl2N5O/c1-11-7-12(2)25-21-20(11)22-26-13(3)18(14(4)29(22)28-21)5-6-19(30)27-17-9-15(23)8-16(24)10-17/h7-10H,5-6H2,1-4H3,(H,27,30). The van der Waals surface area contributed by atoms with Crippen LogP contribution in [-0.2, 0) is 11.2 Å². The first kappa shape index (κ1) is 20.6. The summed E-state index contributed by atoms with van der Waals surface area (Å²) in [4.78, 5) is 21.8. The number of anilines is 1. The number of carbonyl (C=O) groups excluding carboxylic acids is 1. The van der Waals surface area contributed by atoms with E-state index in [1.54, 1.807) is 18.2 Å². The summed E-state index contributed by atoms with van der Waals surface area (Å²) in [5.74, 6) is -0.119. The van der Waals surface area contributed by atoms with Crippen molar-refractivity contribution in [3.63, 3.8) is 0 Å². The van der Waals surface area contributed by atoms with Crippen LogP contribution in [0.3, 0.4) is 0 Å². The molecule has 0 aliphatic rings. The van der Waals surface area contributed by atoms with Crippen molar-refractivity contribution in [2.24, 2.45) is 0 Å². The molecule has 0 atom stereocenters. The lowest BCUT2D eigenvalue weighted by atomic mass is 10.1. The Morgan fingerprint density at radius 3 is 2.43 bits per heavy atom. The van der Waals surface area contributed by atoms with Crippen molar-refractivity contribution < 1.29 is 4.79 Å². The number of carbonyl (C=O) groups is 1. The van der Waals surface area contributed by atoms with Gasteiger partial charge in [-0.3, -0.25) is 4.79 Å². The molecule has 30 heavy (non-hydrogen) atoms. The molecule has 1 aromatic carbocycles. The zero-order valence-corrected chi connectivity index (χ0v) is 18.7. The predicted molar refractivity (Wildman–Crippen MR) is 121 cm³/mol. The fourth-order valence-electron chi connectivity index (χ4n) is 3.82. The highest BCUT2D eigenvalue weighted by molar-refractivity contribution is 6.35. The van der Waals surface area contributed by atoms with E-state index in [1.807, 2.05) is 38.3 Å². The molecule has 0 aliphatic carbocycles. The molecular formula is C22H21Cl2N5O. The molecule has 154 valence electrons. The van der Waals surface area contributed by atoms with Gasteiger partial charge in [-0.2, -0.15) is 0 Å². The summed E-state index contributed by atoms with van der Waals surface area (Å²) >= 11 is 12.0. The normalized spacial score (nSPS) is 11.4. The molecule has 3 aromatic heterocycles. The number of fused-ring (bicyclic) bond motifs is 3. The first-order valence-corrected chi connectivity index (χ1v) is 10.4. The maximum absolute atomic E-state index is 12.5. The Hall–Kier alpha value is -2.70. The summed E-state index contributed by atoms with van der Waals surface area (Å²) in [6, 6.07) is 7.00. The molecule has 0 bridgehead atoms. The highest BCUT2D eigenvalue weighted by atomic mass is 35.5.